The zero-order valence-corrected chi connectivity index (χ0v) is 7.01. The molecule has 0 bridgehead atoms. The third kappa shape index (κ3) is 0.949. The fourth-order valence-electron chi connectivity index (χ4n) is 2.19. The zero-order chi connectivity index (χ0) is 8.60. The standard InChI is InChI=1S/C8H14N2O2/c9-7(11)8-1-3-10-5-6(8)12-4-2-8/h6,10H,1-5H2,(H2,9,11). The molecule has 0 aromatic rings. The summed E-state index contributed by atoms with van der Waals surface area (Å²) in [6.45, 7) is 2.32. The van der Waals surface area contributed by atoms with Gasteiger partial charge in [-0.05, 0) is 19.4 Å². The maximum Gasteiger partial charge on any atom is 0.226 e. The number of amides is 1. The Bertz CT molecular complexity index is 207. The molecule has 0 aromatic heterocycles. The van der Waals surface area contributed by atoms with Crippen LogP contribution >= 0.6 is 0 Å². The summed E-state index contributed by atoms with van der Waals surface area (Å²) in [6, 6.07) is 0. The molecule has 4 heteroatoms. The Morgan fingerprint density at radius 1 is 1.58 bits per heavy atom. The van der Waals surface area contributed by atoms with Gasteiger partial charge in [0.05, 0.1) is 11.5 Å². The molecule has 2 fully saturated rings. The molecular weight excluding hydrogens is 156 g/mol. The number of carbonyl (C=O) groups is 1. The minimum absolute atomic E-state index is 0.0174. The topological polar surface area (TPSA) is 64.4 Å². The van der Waals surface area contributed by atoms with Crippen molar-refractivity contribution in [2.24, 2.45) is 11.1 Å². The number of fused-ring (bicyclic) bond motifs is 1. The number of hydrogen-bond donors (Lipinski definition) is 2. The highest BCUT2D eigenvalue weighted by atomic mass is 16.5. The number of ether oxygens (including phenoxy) is 1. The molecule has 2 heterocycles. The summed E-state index contributed by atoms with van der Waals surface area (Å²) in [4.78, 5) is 11.3. The van der Waals surface area contributed by atoms with Crippen molar-refractivity contribution >= 4 is 5.91 Å². The van der Waals surface area contributed by atoms with Crippen LogP contribution < -0.4 is 11.1 Å². The van der Waals surface area contributed by atoms with Crippen LogP contribution in [0.25, 0.3) is 0 Å². The van der Waals surface area contributed by atoms with E-state index in [9.17, 15) is 4.79 Å². The molecule has 2 aliphatic heterocycles. The fraction of sp³-hybridized carbons (Fsp3) is 0.875. The summed E-state index contributed by atoms with van der Waals surface area (Å²) < 4.78 is 5.46. The molecule has 4 nitrogen and oxygen atoms in total. The summed E-state index contributed by atoms with van der Waals surface area (Å²) in [5.41, 5.74) is 5.04. The minimum atomic E-state index is -0.356. The maximum absolute atomic E-state index is 11.3. The molecule has 2 aliphatic rings. The normalized spacial score (nSPS) is 40.8. The second-order valence-corrected chi connectivity index (χ2v) is 3.58. The van der Waals surface area contributed by atoms with E-state index < -0.39 is 0 Å². The predicted molar refractivity (Wildman–Crippen MR) is 43.5 cm³/mol. The van der Waals surface area contributed by atoms with Gasteiger partial charge in [0.2, 0.25) is 5.91 Å². The van der Waals surface area contributed by atoms with Crippen molar-refractivity contribution in [1.82, 2.24) is 5.32 Å². The number of primary amides is 1. The van der Waals surface area contributed by atoms with E-state index in [4.69, 9.17) is 10.5 Å². The predicted octanol–water partition coefficient (Wildman–Crippen LogP) is -0.760. The van der Waals surface area contributed by atoms with Crippen LogP contribution in [0.5, 0.6) is 0 Å². The largest absolute Gasteiger partial charge is 0.376 e. The first-order valence-corrected chi connectivity index (χ1v) is 4.38. The van der Waals surface area contributed by atoms with Gasteiger partial charge in [0.25, 0.3) is 0 Å². The average Bonchev–Trinajstić information content (AvgIpc) is 2.48. The smallest absolute Gasteiger partial charge is 0.226 e. The van der Waals surface area contributed by atoms with Gasteiger partial charge in [-0.3, -0.25) is 4.79 Å². The molecule has 0 saturated carbocycles. The number of piperidine rings is 1. The molecule has 12 heavy (non-hydrogen) atoms. The van der Waals surface area contributed by atoms with Gasteiger partial charge in [0, 0.05) is 13.2 Å². The summed E-state index contributed by atoms with van der Waals surface area (Å²) in [6.07, 6.45) is 1.64. The van der Waals surface area contributed by atoms with Gasteiger partial charge in [-0.15, -0.1) is 0 Å². The van der Waals surface area contributed by atoms with E-state index in [0.717, 1.165) is 25.9 Å². The molecule has 0 aliphatic carbocycles. The zero-order valence-electron chi connectivity index (χ0n) is 7.01. The van der Waals surface area contributed by atoms with Gasteiger partial charge >= 0.3 is 0 Å². The lowest BCUT2D eigenvalue weighted by Gasteiger charge is -2.35. The van der Waals surface area contributed by atoms with Crippen LogP contribution in [-0.4, -0.2) is 31.7 Å². The molecule has 2 rings (SSSR count). The van der Waals surface area contributed by atoms with Crippen molar-refractivity contribution < 1.29 is 9.53 Å². The highest BCUT2D eigenvalue weighted by Crippen LogP contribution is 2.39. The van der Waals surface area contributed by atoms with Crippen LogP contribution in [0.4, 0.5) is 0 Å². The lowest BCUT2D eigenvalue weighted by Crippen LogP contribution is -2.53. The second-order valence-electron chi connectivity index (χ2n) is 3.58. The van der Waals surface area contributed by atoms with Crippen LogP contribution in [0.15, 0.2) is 0 Å². The van der Waals surface area contributed by atoms with E-state index in [1.807, 2.05) is 0 Å². The van der Waals surface area contributed by atoms with Crippen LogP contribution in [0, 0.1) is 5.41 Å². The maximum atomic E-state index is 11.3. The highest BCUT2D eigenvalue weighted by Gasteiger charge is 2.49. The lowest BCUT2D eigenvalue weighted by molar-refractivity contribution is -0.132. The molecule has 68 valence electrons. The van der Waals surface area contributed by atoms with Crippen molar-refractivity contribution in [3.05, 3.63) is 0 Å². The first-order valence-electron chi connectivity index (χ1n) is 4.38. The van der Waals surface area contributed by atoms with E-state index in [2.05, 4.69) is 5.32 Å². The van der Waals surface area contributed by atoms with Crippen molar-refractivity contribution in [3.8, 4) is 0 Å². The van der Waals surface area contributed by atoms with E-state index in [-0.39, 0.29) is 17.4 Å². The summed E-state index contributed by atoms with van der Waals surface area (Å²) in [5.74, 6) is -0.188. The fourth-order valence-corrected chi connectivity index (χ4v) is 2.19. The summed E-state index contributed by atoms with van der Waals surface area (Å²) >= 11 is 0. The van der Waals surface area contributed by atoms with E-state index in [1.54, 1.807) is 0 Å². The average molecular weight is 170 g/mol. The van der Waals surface area contributed by atoms with E-state index in [0.29, 0.717) is 6.61 Å². The van der Waals surface area contributed by atoms with Crippen molar-refractivity contribution in [2.75, 3.05) is 19.7 Å². The minimum Gasteiger partial charge on any atom is -0.376 e. The Morgan fingerprint density at radius 3 is 3.08 bits per heavy atom. The van der Waals surface area contributed by atoms with Gasteiger partial charge < -0.3 is 15.8 Å². The monoisotopic (exact) mass is 170 g/mol. The van der Waals surface area contributed by atoms with Crippen molar-refractivity contribution in [3.63, 3.8) is 0 Å². The van der Waals surface area contributed by atoms with Gasteiger partial charge in [0.15, 0.2) is 0 Å². The third-order valence-electron chi connectivity index (χ3n) is 3.05. The molecule has 0 aromatic carbocycles. The summed E-state index contributed by atoms with van der Waals surface area (Å²) in [5, 5.41) is 3.20. The number of hydrogen-bond acceptors (Lipinski definition) is 3. The Kier molecular flexibility index (Phi) is 1.81. The Hall–Kier alpha value is -0.610. The van der Waals surface area contributed by atoms with Crippen LogP contribution in [0.2, 0.25) is 0 Å². The lowest BCUT2D eigenvalue weighted by atomic mass is 9.75. The molecular formula is C8H14N2O2. The molecule has 2 saturated heterocycles. The molecule has 2 unspecified atom stereocenters. The van der Waals surface area contributed by atoms with E-state index in [1.165, 1.54) is 0 Å². The number of nitrogens with two attached hydrogens (primary N) is 1. The van der Waals surface area contributed by atoms with Gasteiger partial charge in [-0.2, -0.15) is 0 Å². The van der Waals surface area contributed by atoms with Crippen LogP contribution in [-0.2, 0) is 9.53 Å². The first kappa shape index (κ1) is 8.01. The van der Waals surface area contributed by atoms with Gasteiger partial charge in [-0.1, -0.05) is 0 Å². The van der Waals surface area contributed by atoms with Crippen molar-refractivity contribution in [1.29, 1.82) is 0 Å². The number of nitrogens with one attached hydrogen (secondary N) is 1. The molecule has 0 spiro atoms. The second kappa shape index (κ2) is 2.71. The van der Waals surface area contributed by atoms with Gasteiger partial charge in [-0.25, -0.2) is 0 Å². The van der Waals surface area contributed by atoms with Crippen LogP contribution in [0.1, 0.15) is 12.8 Å². The summed E-state index contributed by atoms with van der Waals surface area (Å²) in [7, 11) is 0. The molecule has 3 N–H and O–H groups in total. The first-order chi connectivity index (χ1) is 5.76. The number of rotatable bonds is 1. The SMILES string of the molecule is NC(=O)C12CCNCC1OCC2. The van der Waals surface area contributed by atoms with Gasteiger partial charge in [0.1, 0.15) is 0 Å². The Balaban J connectivity index is 2.23. The Labute approximate surface area is 71.4 Å². The molecule has 2 atom stereocenters. The number of carbonyl (C=O) groups excluding carboxylic acids is 1. The molecule has 0 radical (unpaired) electrons. The van der Waals surface area contributed by atoms with E-state index >= 15 is 0 Å². The third-order valence-corrected chi connectivity index (χ3v) is 3.05. The van der Waals surface area contributed by atoms with Crippen LogP contribution in [0.3, 0.4) is 0 Å². The Morgan fingerprint density at radius 2 is 2.42 bits per heavy atom. The van der Waals surface area contributed by atoms with Crippen molar-refractivity contribution in [2.45, 2.75) is 18.9 Å². The molecule has 1 amide bonds. The quantitative estimate of drug-likeness (QED) is 0.543. The highest BCUT2D eigenvalue weighted by molar-refractivity contribution is 5.82.